The van der Waals surface area contributed by atoms with Crippen molar-refractivity contribution in [2.75, 3.05) is 0 Å². The standard InChI is InChI=1S/C17H30/c1-6-8-9-13-16(4)17(5)14-10-12-15(3)11-7-2/h7,10-11,13-15,17H,6,8-9,12H2,1-5H3. The van der Waals surface area contributed by atoms with Crippen molar-refractivity contribution in [2.24, 2.45) is 11.8 Å². The van der Waals surface area contributed by atoms with Gasteiger partial charge in [0.05, 0.1) is 0 Å². The van der Waals surface area contributed by atoms with Crippen LogP contribution in [0.3, 0.4) is 0 Å². The van der Waals surface area contributed by atoms with E-state index in [2.05, 4.69) is 65.0 Å². The molecule has 0 heteroatoms. The van der Waals surface area contributed by atoms with Gasteiger partial charge in [-0.05, 0) is 38.5 Å². The first-order valence-electron chi connectivity index (χ1n) is 7.07. The SMILES string of the molecule is CC=CC(C)CC=CC(C)C(C)=CCCCC. The Bertz CT molecular complexity index is 255. The van der Waals surface area contributed by atoms with Crippen molar-refractivity contribution >= 4 is 0 Å². The van der Waals surface area contributed by atoms with Gasteiger partial charge in [0.15, 0.2) is 0 Å². The molecule has 0 spiro atoms. The summed E-state index contributed by atoms with van der Waals surface area (Å²) < 4.78 is 0. The lowest BCUT2D eigenvalue weighted by molar-refractivity contribution is 0.733. The minimum Gasteiger partial charge on any atom is -0.0914 e. The molecule has 0 nitrogen and oxygen atoms in total. The highest BCUT2D eigenvalue weighted by atomic mass is 14.0. The lowest BCUT2D eigenvalue weighted by atomic mass is 9.98. The molecule has 0 N–H and O–H groups in total. The zero-order valence-electron chi connectivity index (χ0n) is 12.4. The Balaban J connectivity index is 4.01. The average Bonchev–Trinajstić information content (AvgIpc) is 2.29. The van der Waals surface area contributed by atoms with Crippen LogP contribution in [0.5, 0.6) is 0 Å². The number of hydrogen-bond acceptors (Lipinski definition) is 0. The molecule has 0 bridgehead atoms. The smallest absolute Gasteiger partial charge is 0.00544 e. The van der Waals surface area contributed by atoms with E-state index in [1.807, 2.05) is 0 Å². The minimum atomic E-state index is 0.588. The van der Waals surface area contributed by atoms with Crippen LogP contribution in [0.1, 0.15) is 60.3 Å². The van der Waals surface area contributed by atoms with E-state index >= 15 is 0 Å². The van der Waals surface area contributed by atoms with Crippen LogP contribution in [0.2, 0.25) is 0 Å². The molecular weight excluding hydrogens is 204 g/mol. The highest BCUT2D eigenvalue weighted by molar-refractivity contribution is 5.10. The van der Waals surface area contributed by atoms with E-state index in [1.54, 1.807) is 0 Å². The third-order valence-electron chi connectivity index (χ3n) is 3.20. The number of hydrogen-bond donors (Lipinski definition) is 0. The molecule has 2 atom stereocenters. The Morgan fingerprint density at radius 3 is 2.47 bits per heavy atom. The molecule has 17 heavy (non-hydrogen) atoms. The first-order chi connectivity index (χ1) is 8.11. The molecule has 0 aromatic rings. The summed E-state index contributed by atoms with van der Waals surface area (Å²) in [5.74, 6) is 1.25. The van der Waals surface area contributed by atoms with Crippen molar-refractivity contribution < 1.29 is 0 Å². The highest BCUT2D eigenvalue weighted by Crippen LogP contribution is 2.14. The van der Waals surface area contributed by atoms with E-state index < -0.39 is 0 Å². The molecule has 0 rings (SSSR count). The maximum Gasteiger partial charge on any atom is -0.00544 e. The Morgan fingerprint density at radius 1 is 1.18 bits per heavy atom. The fourth-order valence-corrected chi connectivity index (χ4v) is 1.78. The fourth-order valence-electron chi connectivity index (χ4n) is 1.78. The molecule has 0 aliphatic rings. The second kappa shape index (κ2) is 10.4. The van der Waals surface area contributed by atoms with Gasteiger partial charge < -0.3 is 0 Å². The lowest BCUT2D eigenvalue weighted by Crippen LogP contribution is -1.93. The van der Waals surface area contributed by atoms with Gasteiger partial charge in [0.25, 0.3) is 0 Å². The summed E-state index contributed by atoms with van der Waals surface area (Å²) in [6.45, 7) is 11.1. The first-order valence-corrected chi connectivity index (χ1v) is 7.07. The summed E-state index contributed by atoms with van der Waals surface area (Å²) in [6, 6.07) is 0. The van der Waals surface area contributed by atoms with Crippen molar-refractivity contribution in [3.8, 4) is 0 Å². The van der Waals surface area contributed by atoms with Crippen molar-refractivity contribution in [2.45, 2.75) is 60.3 Å². The second-order valence-electron chi connectivity index (χ2n) is 5.05. The summed E-state index contributed by atoms with van der Waals surface area (Å²) in [4.78, 5) is 0. The van der Waals surface area contributed by atoms with Gasteiger partial charge in [-0.3, -0.25) is 0 Å². The van der Waals surface area contributed by atoms with Crippen molar-refractivity contribution in [3.63, 3.8) is 0 Å². The molecule has 0 aromatic heterocycles. The average molecular weight is 234 g/mol. The number of allylic oxidation sites excluding steroid dienone is 6. The van der Waals surface area contributed by atoms with Crippen LogP contribution < -0.4 is 0 Å². The highest BCUT2D eigenvalue weighted by Gasteiger charge is 1.99. The van der Waals surface area contributed by atoms with Crippen LogP contribution in [-0.2, 0) is 0 Å². The van der Waals surface area contributed by atoms with E-state index in [9.17, 15) is 0 Å². The summed E-state index contributed by atoms with van der Waals surface area (Å²) in [5, 5.41) is 0. The fraction of sp³-hybridized carbons (Fsp3) is 0.647. The van der Waals surface area contributed by atoms with Crippen molar-refractivity contribution in [1.82, 2.24) is 0 Å². The monoisotopic (exact) mass is 234 g/mol. The molecule has 0 radical (unpaired) electrons. The molecule has 98 valence electrons. The molecule has 0 saturated heterocycles. The lowest BCUT2D eigenvalue weighted by Gasteiger charge is -2.07. The van der Waals surface area contributed by atoms with Gasteiger partial charge in [0, 0.05) is 0 Å². The molecule has 0 aromatic carbocycles. The van der Waals surface area contributed by atoms with E-state index in [0.717, 1.165) is 6.42 Å². The maximum atomic E-state index is 2.40. The van der Waals surface area contributed by atoms with E-state index in [-0.39, 0.29) is 0 Å². The predicted molar refractivity (Wildman–Crippen MR) is 80.2 cm³/mol. The Morgan fingerprint density at radius 2 is 1.88 bits per heavy atom. The molecule has 0 aliphatic carbocycles. The third kappa shape index (κ3) is 8.97. The van der Waals surface area contributed by atoms with Crippen LogP contribution in [0.4, 0.5) is 0 Å². The third-order valence-corrected chi connectivity index (χ3v) is 3.20. The summed E-state index contributed by atoms with van der Waals surface area (Å²) in [6.07, 6.45) is 16.4. The van der Waals surface area contributed by atoms with Crippen LogP contribution >= 0.6 is 0 Å². The van der Waals surface area contributed by atoms with Gasteiger partial charge in [-0.15, -0.1) is 0 Å². The predicted octanol–water partition coefficient (Wildman–Crippen LogP) is 5.92. The van der Waals surface area contributed by atoms with Crippen molar-refractivity contribution in [1.29, 1.82) is 0 Å². The summed E-state index contributed by atoms with van der Waals surface area (Å²) in [7, 11) is 0. The minimum absolute atomic E-state index is 0.588. The molecule has 2 unspecified atom stereocenters. The van der Waals surface area contributed by atoms with Crippen molar-refractivity contribution in [3.05, 3.63) is 36.0 Å². The van der Waals surface area contributed by atoms with Crippen LogP contribution in [-0.4, -0.2) is 0 Å². The topological polar surface area (TPSA) is 0 Å². The Hall–Kier alpha value is -0.780. The normalized spacial score (nSPS) is 16.9. The van der Waals surface area contributed by atoms with E-state index in [1.165, 1.54) is 24.8 Å². The zero-order chi connectivity index (χ0) is 13.1. The van der Waals surface area contributed by atoms with Crippen LogP contribution in [0, 0.1) is 11.8 Å². The van der Waals surface area contributed by atoms with Gasteiger partial charge in [-0.25, -0.2) is 0 Å². The molecule has 0 amide bonds. The molecule has 0 aliphatic heterocycles. The first kappa shape index (κ1) is 16.2. The number of unbranched alkanes of at least 4 members (excludes halogenated alkanes) is 2. The molecular formula is C17H30. The van der Waals surface area contributed by atoms with E-state index in [0.29, 0.717) is 11.8 Å². The van der Waals surface area contributed by atoms with Crippen LogP contribution in [0.15, 0.2) is 36.0 Å². The molecule has 0 saturated carbocycles. The molecule has 0 heterocycles. The van der Waals surface area contributed by atoms with Gasteiger partial charge >= 0.3 is 0 Å². The van der Waals surface area contributed by atoms with Crippen LogP contribution in [0.25, 0.3) is 0 Å². The quantitative estimate of drug-likeness (QED) is 0.361. The second-order valence-corrected chi connectivity index (χ2v) is 5.05. The largest absolute Gasteiger partial charge is 0.0914 e. The number of rotatable bonds is 8. The van der Waals surface area contributed by atoms with Gasteiger partial charge in [-0.1, -0.05) is 69.6 Å². The molecule has 0 fully saturated rings. The Kier molecular flexibility index (Phi) is 9.90. The Labute approximate surface area is 109 Å². The van der Waals surface area contributed by atoms with E-state index in [4.69, 9.17) is 0 Å². The summed E-state index contributed by atoms with van der Waals surface area (Å²) in [5.41, 5.74) is 1.51. The maximum absolute atomic E-state index is 2.40. The van der Waals surface area contributed by atoms with Gasteiger partial charge in [-0.2, -0.15) is 0 Å². The zero-order valence-corrected chi connectivity index (χ0v) is 12.4. The summed E-state index contributed by atoms with van der Waals surface area (Å²) >= 11 is 0. The van der Waals surface area contributed by atoms with Gasteiger partial charge in [0.2, 0.25) is 0 Å². The van der Waals surface area contributed by atoms with Gasteiger partial charge in [0.1, 0.15) is 0 Å².